The second-order valence-corrected chi connectivity index (χ2v) is 2.02. The van der Waals surface area contributed by atoms with Crippen LogP contribution < -0.4 is 5.32 Å². The van der Waals surface area contributed by atoms with E-state index in [1.165, 1.54) is 19.2 Å². The van der Waals surface area contributed by atoms with Crippen LogP contribution in [-0.4, -0.2) is 18.1 Å². The number of hydrogen-bond donors (Lipinski definition) is 2. The molecule has 1 aromatic rings. The number of rotatable bonds is 1. The van der Waals surface area contributed by atoms with E-state index in [9.17, 15) is 4.79 Å². The minimum atomic E-state index is -0.295. The van der Waals surface area contributed by atoms with Crippen molar-refractivity contribution in [3.05, 3.63) is 29.8 Å². The van der Waals surface area contributed by atoms with Gasteiger partial charge in [-0.3, -0.25) is 4.79 Å². The molecule has 0 aliphatic rings. The zero-order chi connectivity index (χ0) is 8.27. The molecule has 0 aliphatic heterocycles. The molecule has 0 unspecified atom stereocenters. The first-order valence-corrected chi connectivity index (χ1v) is 3.17. The largest absolute Gasteiger partial charge is 0.507 e. The summed E-state index contributed by atoms with van der Waals surface area (Å²) in [5, 5.41) is 11.5. The molecule has 0 saturated carbocycles. The van der Waals surface area contributed by atoms with Gasteiger partial charge in [0.25, 0.3) is 5.91 Å². The van der Waals surface area contributed by atoms with E-state index in [1.807, 2.05) is 0 Å². The fraction of sp³-hybridized carbons (Fsp3) is 0.125. The van der Waals surface area contributed by atoms with E-state index >= 15 is 0 Å². The molecule has 0 heterocycles. The van der Waals surface area contributed by atoms with Crippen LogP contribution >= 0.6 is 0 Å². The molecule has 0 saturated heterocycles. The first kappa shape index (κ1) is 7.60. The van der Waals surface area contributed by atoms with Crippen molar-refractivity contribution < 1.29 is 9.90 Å². The first-order chi connectivity index (χ1) is 5.25. The van der Waals surface area contributed by atoms with Crippen molar-refractivity contribution in [2.24, 2.45) is 0 Å². The van der Waals surface area contributed by atoms with Gasteiger partial charge < -0.3 is 10.4 Å². The van der Waals surface area contributed by atoms with Crippen molar-refractivity contribution in [3.8, 4) is 5.75 Å². The monoisotopic (exact) mass is 150 g/mol. The van der Waals surface area contributed by atoms with Gasteiger partial charge in [0.05, 0.1) is 5.56 Å². The molecule has 2 N–H and O–H groups in total. The molecule has 1 amide bonds. The Labute approximate surface area is 64.7 Å². The third-order valence-corrected chi connectivity index (χ3v) is 1.31. The van der Waals surface area contributed by atoms with Crippen LogP contribution in [0.25, 0.3) is 0 Å². The maximum absolute atomic E-state index is 10.9. The normalized spacial score (nSPS) is 9.18. The van der Waals surface area contributed by atoms with Gasteiger partial charge in [-0.25, -0.2) is 0 Å². The summed E-state index contributed by atoms with van der Waals surface area (Å²) in [4.78, 5) is 10.9. The molecule has 11 heavy (non-hydrogen) atoms. The highest BCUT2D eigenvalue weighted by Gasteiger charge is 2.06. The van der Waals surface area contributed by atoms with Crippen LogP contribution in [0.1, 0.15) is 10.4 Å². The zero-order valence-corrected chi connectivity index (χ0v) is 6.09. The molecule has 1 rings (SSSR count). The number of phenols is 1. The fourth-order valence-corrected chi connectivity index (χ4v) is 0.748. The predicted octanol–water partition coefficient (Wildman–Crippen LogP) is 0.552. The highest BCUT2D eigenvalue weighted by atomic mass is 16.3. The Morgan fingerprint density at radius 1 is 1.73 bits per heavy atom. The smallest absolute Gasteiger partial charge is 0.254 e. The minimum absolute atomic E-state index is 0.0492. The van der Waals surface area contributed by atoms with Crippen LogP contribution in [0, 0.1) is 6.07 Å². The Hall–Kier alpha value is -1.51. The van der Waals surface area contributed by atoms with Gasteiger partial charge >= 0.3 is 0 Å². The highest BCUT2D eigenvalue weighted by Crippen LogP contribution is 2.13. The number of aromatic hydroxyl groups is 1. The van der Waals surface area contributed by atoms with Crippen LogP contribution in [0.3, 0.4) is 0 Å². The molecule has 0 aliphatic carbocycles. The molecule has 0 atom stereocenters. The Bertz CT molecular complexity index is 271. The molecule has 1 aromatic carbocycles. The van der Waals surface area contributed by atoms with Gasteiger partial charge in [-0.1, -0.05) is 6.07 Å². The van der Waals surface area contributed by atoms with Gasteiger partial charge in [0.2, 0.25) is 0 Å². The Kier molecular flexibility index (Phi) is 2.11. The molecule has 0 aromatic heterocycles. The van der Waals surface area contributed by atoms with E-state index in [1.54, 1.807) is 6.07 Å². The molecule has 0 fully saturated rings. The van der Waals surface area contributed by atoms with Crippen molar-refractivity contribution in [2.45, 2.75) is 0 Å². The first-order valence-electron chi connectivity index (χ1n) is 3.17. The second kappa shape index (κ2) is 3.05. The van der Waals surface area contributed by atoms with Crippen LogP contribution in [0.5, 0.6) is 5.75 Å². The summed E-state index contributed by atoms with van der Waals surface area (Å²) in [6, 6.07) is 7.08. The summed E-state index contributed by atoms with van der Waals surface area (Å²) < 4.78 is 0. The zero-order valence-electron chi connectivity index (χ0n) is 6.09. The summed E-state index contributed by atoms with van der Waals surface area (Å²) in [7, 11) is 1.51. The SMILES string of the molecule is CNC(=O)c1cc[c]cc1O. The molecular weight excluding hydrogens is 142 g/mol. The number of benzene rings is 1. The van der Waals surface area contributed by atoms with Crippen LogP contribution in [0.2, 0.25) is 0 Å². The summed E-state index contributed by atoms with van der Waals surface area (Å²) in [5.41, 5.74) is 0.270. The highest BCUT2D eigenvalue weighted by molar-refractivity contribution is 5.96. The number of amides is 1. The van der Waals surface area contributed by atoms with E-state index < -0.39 is 0 Å². The van der Waals surface area contributed by atoms with Gasteiger partial charge in [-0.15, -0.1) is 0 Å². The van der Waals surface area contributed by atoms with E-state index in [0.717, 1.165) is 0 Å². The van der Waals surface area contributed by atoms with Gasteiger partial charge in [0.1, 0.15) is 5.75 Å². The van der Waals surface area contributed by atoms with E-state index in [-0.39, 0.29) is 17.2 Å². The van der Waals surface area contributed by atoms with Crippen molar-refractivity contribution in [1.29, 1.82) is 0 Å². The molecule has 3 nitrogen and oxygen atoms in total. The lowest BCUT2D eigenvalue weighted by molar-refractivity contribution is 0.0960. The lowest BCUT2D eigenvalue weighted by Gasteiger charge is -2.00. The summed E-state index contributed by atoms with van der Waals surface area (Å²) in [5.74, 6) is -0.344. The Morgan fingerprint density at radius 3 is 3.00 bits per heavy atom. The van der Waals surface area contributed by atoms with Gasteiger partial charge in [-0.05, 0) is 18.2 Å². The Balaban J connectivity index is 3.03. The summed E-state index contributed by atoms with van der Waals surface area (Å²) in [6.07, 6.45) is 0. The third-order valence-electron chi connectivity index (χ3n) is 1.31. The maximum atomic E-state index is 10.9. The van der Waals surface area contributed by atoms with E-state index in [4.69, 9.17) is 5.11 Å². The van der Waals surface area contributed by atoms with Crippen LogP contribution in [0.15, 0.2) is 18.2 Å². The van der Waals surface area contributed by atoms with E-state index in [0.29, 0.717) is 0 Å². The van der Waals surface area contributed by atoms with Crippen molar-refractivity contribution in [1.82, 2.24) is 5.32 Å². The van der Waals surface area contributed by atoms with Crippen molar-refractivity contribution >= 4 is 5.91 Å². The molecule has 0 bridgehead atoms. The third kappa shape index (κ3) is 1.49. The quantitative estimate of drug-likeness (QED) is 0.614. The molecule has 0 spiro atoms. The summed E-state index contributed by atoms with van der Waals surface area (Å²) >= 11 is 0. The molecule has 3 heteroatoms. The minimum Gasteiger partial charge on any atom is -0.507 e. The maximum Gasteiger partial charge on any atom is 0.254 e. The topological polar surface area (TPSA) is 49.3 Å². The number of nitrogens with one attached hydrogen (secondary N) is 1. The summed E-state index contributed by atoms with van der Waals surface area (Å²) in [6.45, 7) is 0. The fourth-order valence-electron chi connectivity index (χ4n) is 0.748. The molecule has 57 valence electrons. The number of carbonyl (C=O) groups is 1. The second-order valence-electron chi connectivity index (χ2n) is 2.02. The van der Waals surface area contributed by atoms with Crippen molar-refractivity contribution in [2.75, 3.05) is 7.05 Å². The number of hydrogen-bond acceptors (Lipinski definition) is 2. The predicted molar refractivity (Wildman–Crippen MR) is 40.3 cm³/mol. The van der Waals surface area contributed by atoms with Crippen LogP contribution in [-0.2, 0) is 0 Å². The number of carbonyl (C=O) groups excluding carboxylic acids is 1. The Morgan fingerprint density at radius 2 is 2.45 bits per heavy atom. The molecule has 1 radical (unpaired) electrons. The van der Waals surface area contributed by atoms with Gasteiger partial charge in [0, 0.05) is 7.05 Å². The lowest BCUT2D eigenvalue weighted by Crippen LogP contribution is -2.17. The van der Waals surface area contributed by atoms with Gasteiger partial charge in [0.15, 0.2) is 0 Å². The van der Waals surface area contributed by atoms with E-state index in [2.05, 4.69) is 11.4 Å². The molecular formula is C8H8NO2. The average Bonchev–Trinajstić information content (AvgIpc) is 2.04. The lowest BCUT2D eigenvalue weighted by atomic mass is 10.2. The van der Waals surface area contributed by atoms with Crippen LogP contribution in [0.4, 0.5) is 0 Å². The average molecular weight is 150 g/mol. The van der Waals surface area contributed by atoms with Crippen molar-refractivity contribution in [3.63, 3.8) is 0 Å². The van der Waals surface area contributed by atoms with Gasteiger partial charge in [-0.2, -0.15) is 0 Å². The standard InChI is InChI=1S/C8H8NO2/c1-9-8(11)6-4-2-3-5-7(6)10/h2,4-5,10H,1H3,(H,9,11). The number of phenolic OH excluding ortho intramolecular Hbond substituents is 1.